The van der Waals surface area contributed by atoms with Gasteiger partial charge in [0, 0.05) is 28.4 Å². The zero-order chi connectivity index (χ0) is 25.8. The zero-order valence-corrected chi connectivity index (χ0v) is 21.2. The molecule has 186 valence electrons. The number of thiophene rings is 1. The molecule has 3 N–H and O–H groups in total. The molecule has 2 aromatic heterocycles. The molecular formula is C27H21ClFN5O2S. The lowest BCUT2D eigenvalue weighted by Gasteiger charge is -2.23. The highest BCUT2D eigenvalue weighted by molar-refractivity contribution is 7.10. The lowest BCUT2D eigenvalue weighted by molar-refractivity contribution is 0.306. The van der Waals surface area contributed by atoms with Gasteiger partial charge in [-0.3, -0.25) is 0 Å². The van der Waals surface area contributed by atoms with Gasteiger partial charge < -0.3 is 25.4 Å². The van der Waals surface area contributed by atoms with E-state index < -0.39 is 0 Å². The van der Waals surface area contributed by atoms with Crippen molar-refractivity contribution in [2.24, 2.45) is 0 Å². The van der Waals surface area contributed by atoms with Crippen molar-refractivity contribution in [1.82, 2.24) is 14.9 Å². The number of fused-ring (bicyclic) bond motifs is 1. The number of nitrogens with two attached hydrogens (primary N) is 1. The summed E-state index contributed by atoms with van der Waals surface area (Å²) in [6, 6.07) is 16.9. The zero-order valence-electron chi connectivity index (χ0n) is 19.7. The Labute approximate surface area is 222 Å². The average molecular weight is 534 g/mol. The quantitative estimate of drug-likeness (QED) is 0.306. The topological polar surface area (TPSA) is 85.5 Å². The van der Waals surface area contributed by atoms with Crippen molar-refractivity contribution < 1.29 is 13.9 Å². The van der Waals surface area contributed by atoms with Gasteiger partial charge in [0.2, 0.25) is 0 Å². The second-order valence-corrected chi connectivity index (χ2v) is 9.41. The van der Waals surface area contributed by atoms with Crippen molar-refractivity contribution in [3.05, 3.63) is 98.8 Å². The lowest BCUT2D eigenvalue weighted by Crippen LogP contribution is -2.18. The highest BCUT2D eigenvalue weighted by Crippen LogP contribution is 2.34. The fraction of sp³-hybridized carbons (Fsp3) is 0.111. The molecule has 1 aliphatic rings. The average Bonchev–Trinajstić information content (AvgIpc) is 3.37. The Morgan fingerprint density at radius 2 is 2.14 bits per heavy atom. The first-order valence-electron chi connectivity index (χ1n) is 11.2. The van der Waals surface area contributed by atoms with E-state index in [0.717, 1.165) is 22.5 Å². The number of hydrogen-bond acceptors (Lipinski definition) is 8. The molecule has 7 nitrogen and oxygen atoms in total. The Morgan fingerprint density at radius 3 is 2.95 bits per heavy atom. The van der Waals surface area contributed by atoms with Crippen LogP contribution in [0.4, 0.5) is 15.9 Å². The van der Waals surface area contributed by atoms with Gasteiger partial charge in [-0.1, -0.05) is 23.7 Å². The van der Waals surface area contributed by atoms with Crippen LogP contribution in [0.1, 0.15) is 21.7 Å². The summed E-state index contributed by atoms with van der Waals surface area (Å²) in [7, 11) is 1.48. The van der Waals surface area contributed by atoms with Gasteiger partial charge in [0.1, 0.15) is 23.9 Å². The van der Waals surface area contributed by atoms with E-state index in [4.69, 9.17) is 26.8 Å². The summed E-state index contributed by atoms with van der Waals surface area (Å²) in [5.74, 6) is 3.67. The Hall–Kier alpha value is -4.26. The number of benzene rings is 2. The molecule has 0 fully saturated rings. The number of aromatic nitrogens is 2. The maximum Gasteiger partial charge on any atom is 0.258 e. The third-order valence-electron chi connectivity index (χ3n) is 5.42. The molecule has 0 spiro atoms. The van der Waals surface area contributed by atoms with E-state index in [1.807, 2.05) is 22.5 Å². The summed E-state index contributed by atoms with van der Waals surface area (Å²) in [6.45, 7) is 0.851. The predicted octanol–water partition coefficient (Wildman–Crippen LogP) is 5.74. The standard InChI is InChI=1S/C27H21ClFN5O2S/c1-35-27-26(30)31-13-20(33-27)7-9-34-14-23(21-8-10-37-25(21)15-34)32-19-5-6-24(22(28)12-19)36-16-17-3-2-4-18(29)11-17/h2-6,8,10-14,32H,15-16H2,1H3,(H2,30,31). The molecule has 37 heavy (non-hydrogen) atoms. The first-order chi connectivity index (χ1) is 18.0. The number of anilines is 2. The smallest absolute Gasteiger partial charge is 0.258 e. The highest BCUT2D eigenvalue weighted by atomic mass is 35.5. The third kappa shape index (κ3) is 5.77. The SMILES string of the molecule is COc1nc(C#CN2C=C(Nc3ccc(OCc4cccc(F)c4)c(Cl)c3)c3ccsc3C2)cnc1N. The minimum absolute atomic E-state index is 0.213. The largest absolute Gasteiger partial charge is 0.487 e. The summed E-state index contributed by atoms with van der Waals surface area (Å²) in [5.41, 5.74) is 9.67. The monoisotopic (exact) mass is 533 g/mol. The fourth-order valence-electron chi connectivity index (χ4n) is 3.66. The van der Waals surface area contributed by atoms with E-state index in [-0.39, 0.29) is 24.1 Å². The van der Waals surface area contributed by atoms with E-state index >= 15 is 0 Å². The number of methoxy groups -OCH3 is 1. The number of hydrogen-bond donors (Lipinski definition) is 2. The summed E-state index contributed by atoms with van der Waals surface area (Å²) in [5, 5.41) is 5.92. The van der Waals surface area contributed by atoms with Gasteiger partial charge in [-0.25, -0.2) is 9.37 Å². The summed E-state index contributed by atoms with van der Waals surface area (Å²) in [6.07, 6.45) is 3.44. The molecule has 0 amide bonds. The molecule has 0 radical (unpaired) electrons. The molecule has 0 aliphatic carbocycles. The lowest BCUT2D eigenvalue weighted by atomic mass is 10.1. The van der Waals surface area contributed by atoms with Crippen LogP contribution in [0.15, 0.2) is 66.3 Å². The number of nitrogens with zero attached hydrogens (tertiary/aromatic N) is 3. The van der Waals surface area contributed by atoms with Gasteiger partial charge >= 0.3 is 0 Å². The van der Waals surface area contributed by atoms with Crippen molar-refractivity contribution in [3.8, 4) is 23.6 Å². The summed E-state index contributed by atoms with van der Waals surface area (Å²) in [4.78, 5) is 11.4. The summed E-state index contributed by atoms with van der Waals surface area (Å²) < 4.78 is 24.3. The molecule has 10 heteroatoms. The van der Waals surface area contributed by atoms with E-state index in [2.05, 4.69) is 33.3 Å². The third-order valence-corrected chi connectivity index (χ3v) is 6.62. The first-order valence-corrected chi connectivity index (χ1v) is 12.4. The Kier molecular flexibility index (Phi) is 7.12. The molecule has 1 aliphatic heterocycles. The van der Waals surface area contributed by atoms with Crippen molar-refractivity contribution in [2.75, 3.05) is 18.2 Å². The van der Waals surface area contributed by atoms with Gasteiger partial charge in [-0.2, -0.15) is 4.98 Å². The van der Waals surface area contributed by atoms with E-state index in [1.165, 1.54) is 30.3 Å². The number of ether oxygens (including phenoxy) is 2. The molecule has 0 bridgehead atoms. The van der Waals surface area contributed by atoms with Crippen LogP contribution >= 0.6 is 22.9 Å². The van der Waals surface area contributed by atoms with Crippen molar-refractivity contribution in [3.63, 3.8) is 0 Å². The van der Waals surface area contributed by atoms with Crippen molar-refractivity contribution >= 4 is 40.1 Å². The van der Waals surface area contributed by atoms with Crippen LogP contribution in [0, 0.1) is 17.8 Å². The molecule has 5 rings (SSSR count). The predicted molar refractivity (Wildman–Crippen MR) is 144 cm³/mol. The van der Waals surface area contributed by atoms with Crippen LogP contribution in [-0.4, -0.2) is 22.0 Å². The van der Waals surface area contributed by atoms with Crippen molar-refractivity contribution in [2.45, 2.75) is 13.2 Å². The van der Waals surface area contributed by atoms with Crippen LogP contribution in [0.3, 0.4) is 0 Å². The number of nitrogens with one attached hydrogen (secondary N) is 1. The first kappa shape index (κ1) is 24.4. The van der Waals surface area contributed by atoms with Crippen LogP contribution in [0.25, 0.3) is 5.70 Å². The second-order valence-electron chi connectivity index (χ2n) is 8.00. The van der Waals surface area contributed by atoms with E-state index in [1.54, 1.807) is 35.6 Å². The van der Waals surface area contributed by atoms with Crippen LogP contribution in [-0.2, 0) is 13.2 Å². The number of rotatable bonds is 6. The fourth-order valence-corrected chi connectivity index (χ4v) is 4.78. The van der Waals surface area contributed by atoms with Gasteiger partial charge in [0.15, 0.2) is 5.82 Å². The molecular weight excluding hydrogens is 513 g/mol. The minimum atomic E-state index is -0.305. The van der Waals surface area contributed by atoms with Crippen molar-refractivity contribution in [1.29, 1.82) is 0 Å². The number of nitrogen functional groups attached to an aromatic ring is 1. The second kappa shape index (κ2) is 10.8. The maximum atomic E-state index is 13.4. The van der Waals surface area contributed by atoms with Crippen LogP contribution < -0.4 is 20.5 Å². The number of halogens is 2. The molecule has 0 unspecified atom stereocenters. The molecule has 2 aromatic carbocycles. The Morgan fingerprint density at radius 1 is 1.24 bits per heavy atom. The normalized spacial score (nSPS) is 12.2. The van der Waals surface area contributed by atoms with Crippen LogP contribution in [0.2, 0.25) is 5.02 Å². The van der Waals surface area contributed by atoms with Gasteiger partial charge in [0.25, 0.3) is 5.88 Å². The van der Waals surface area contributed by atoms with Crippen LogP contribution in [0.5, 0.6) is 11.6 Å². The maximum absolute atomic E-state index is 13.4. The molecule has 4 aromatic rings. The van der Waals surface area contributed by atoms with Gasteiger partial charge in [0.05, 0.1) is 30.6 Å². The van der Waals surface area contributed by atoms with E-state index in [9.17, 15) is 4.39 Å². The molecule has 0 atom stereocenters. The van der Waals surface area contributed by atoms with E-state index in [0.29, 0.717) is 23.0 Å². The Balaban J connectivity index is 1.33. The highest BCUT2D eigenvalue weighted by Gasteiger charge is 2.18. The van der Waals surface area contributed by atoms with Gasteiger partial charge in [-0.15, -0.1) is 11.3 Å². The molecule has 3 heterocycles. The summed E-state index contributed by atoms with van der Waals surface area (Å²) >= 11 is 8.14. The molecule has 0 saturated carbocycles. The van der Waals surface area contributed by atoms with Gasteiger partial charge in [-0.05, 0) is 53.3 Å². The Bertz CT molecular complexity index is 1550. The minimum Gasteiger partial charge on any atom is -0.487 e. The molecule has 0 saturated heterocycles.